The van der Waals surface area contributed by atoms with Crippen LogP contribution in [0.1, 0.15) is 10.4 Å². The standard InChI is InChI=1S/C11H15N3O3/c1-14(7-10(12)13-16)11(15)8-4-3-5-9(6-8)17-2/h3-6,16H,7H2,1-2H3,(H2,12,13). The molecule has 0 saturated carbocycles. The third kappa shape index (κ3) is 3.37. The van der Waals surface area contributed by atoms with Gasteiger partial charge in [0.15, 0.2) is 5.84 Å². The molecule has 0 spiro atoms. The summed E-state index contributed by atoms with van der Waals surface area (Å²) in [5.74, 6) is 0.354. The van der Waals surface area contributed by atoms with Crippen LogP contribution in [0.15, 0.2) is 29.4 Å². The lowest BCUT2D eigenvalue weighted by Crippen LogP contribution is -2.35. The fourth-order valence-electron chi connectivity index (χ4n) is 1.32. The van der Waals surface area contributed by atoms with Gasteiger partial charge in [0.25, 0.3) is 5.91 Å². The Morgan fingerprint density at radius 3 is 2.88 bits per heavy atom. The van der Waals surface area contributed by atoms with Gasteiger partial charge in [-0.3, -0.25) is 4.79 Å². The Balaban J connectivity index is 2.81. The Labute approximate surface area is 99.3 Å². The maximum atomic E-state index is 11.9. The summed E-state index contributed by atoms with van der Waals surface area (Å²) in [6, 6.07) is 6.78. The topological polar surface area (TPSA) is 88.2 Å². The molecular formula is C11H15N3O3. The molecule has 1 amide bonds. The van der Waals surface area contributed by atoms with Crippen LogP contribution < -0.4 is 10.5 Å². The van der Waals surface area contributed by atoms with Crippen molar-refractivity contribution in [1.29, 1.82) is 0 Å². The Morgan fingerprint density at radius 1 is 1.59 bits per heavy atom. The Morgan fingerprint density at radius 2 is 2.29 bits per heavy atom. The van der Waals surface area contributed by atoms with Crippen molar-refractivity contribution in [3.05, 3.63) is 29.8 Å². The van der Waals surface area contributed by atoms with Crippen molar-refractivity contribution in [2.75, 3.05) is 20.7 Å². The van der Waals surface area contributed by atoms with Crippen molar-refractivity contribution >= 4 is 11.7 Å². The summed E-state index contributed by atoms with van der Waals surface area (Å²) >= 11 is 0. The molecule has 92 valence electrons. The lowest BCUT2D eigenvalue weighted by molar-refractivity contribution is 0.0813. The second-order valence-corrected chi connectivity index (χ2v) is 3.48. The van der Waals surface area contributed by atoms with E-state index in [0.717, 1.165) is 0 Å². The second kappa shape index (κ2) is 5.74. The number of benzene rings is 1. The van der Waals surface area contributed by atoms with E-state index < -0.39 is 0 Å². The number of hydrogen-bond donors (Lipinski definition) is 2. The van der Waals surface area contributed by atoms with E-state index in [2.05, 4.69) is 5.16 Å². The van der Waals surface area contributed by atoms with E-state index in [1.807, 2.05) is 0 Å². The average Bonchev–Trinajstić information content (AvgIpc) is 2.37. The predicted octanol–water partition coefficient (Wildman–Crippen LogP) is 0.514. The SMILES string of the molecule is COc1cccc(C(=O)N(C)CC(N)=NO)c1. The van der Waals surface area contributed by atoms with E-state index in [0.29, 0.717) is 11.3 Å². The quantitative estimate of drug-likeness (QED) is 0.346. The highest BCUT2D eigenvalue weighted by Gasteiger charge is 2.13. The second-order valence-electron chi connectivity index (χ2n) is 3.48. The van der Waals surface area contributed by atoms with Gasteiger partial charge < -0.3 is 20.6 Å². The molecule has 0 fully saturated rings. The average molecular weight is 237 g/mol. The van der Waals surface area contributed by atoms with Gasteiger partial charge in [-0.25, -0.2) is 0 Å². The first-order valence-corrected chi connectivity index (χ1v) is 4.94. The fourth-order valence-corrected chi connectivity index (χ4v) is 1.32. The number of amidine groups is 1. The van der Waals surface area contributed by atoms with Gasteiger partial charge in [0, 0.05) is 12.6 Å². The van der Waals surface area contributed by atoms with Crippen molar-refractivity contribution in [2.24, 2.45) is 10.9 Å². The summed E-state index contributed by atoms with van der Waals surface area (Å²) in [5, 5.41) is 11.2. The number of carbonyl (C=O) groups excluding carboxylic acids is 1. The maximum Gasteiger partial charge on any atom is 0.254 e. The zero-order valence-corrected chi connectivity index (χ0v) is 9.75. The van der Waals surface area contributed by atoms with Gasteiger partial charge in [-0.05, 0) is 18.2 Å². The molecule has 0 aliphatic carbocycles. The van der Waals surface area contributed by atoms with Gasteiger partial charge in [-0.15, -0.1) is 0 Å². The molecule has 17 heavy (non-hydrogen) atoms. The molecule has 0 saturated heterocycles. The molecule has 0 unspecified atom stereocenters. The van der Waals surface area contributed by atoms with Gasteiger partial charge in [0.1, 0.15) is 5.75 Å². The molecule has 1 rings (SSSR count). The molecular weight excluding hydrogens is 222 g/mol. The molecule has 3 N–H and O–H groups in total. The third-order valence-electron chi connectivity index (χ3n) is 2.19. The number of rotatable bonds is 4. The fraction of sp³-hybridized carbons (Fsp3) is 0.273. The number of oxime groups is 1. The maximum absolute atomic E-state index is 11.9. The largest absolute Gasteiger partial charge is 0.497 e. The summed E-state index contributed by atoms with van der Waals surface area (Å²) < 4.78 is 5.03. The zero-order chi connectivity index (χ0) is 12.8. The normalized spacial score (nSPS) is 11.1. The number of ether oxygens (including phenoxy) is 1. The van der Waals surface area contributed by atoms with E-state index in [1.165, 1.54) is 12.0 Å². The number of amides is 1. The molecule has 0 heterocycles. The first kappa shape index (κ1) is 12.8. The van der Waals surface area contributed by atoms with Gasteiger partial charge in [-0.1, -0.05) is 11.2 Å². The molecule has 0 aliphatic heterocycles. The molecule has 6 heteroatoms. The van der Waals surface area contributed by atoms with Crippen LogP contribution in [0.25, 0.3) is 0 Å². The summed E-state index contributed by atoms with van der Waals surface area (Å²) in [5.41, 5.74) is 5.81. The Bertz CT molecular complexity index is 432. The number of nitrogens with two attached hydrogens (primary N) is 1. The summed E-state index contributed by atoms with van der Waals surface area (Å²) in [6.45, 7) is 0.0620. The van der Waals surface area contributed by atoms with Crippen LogP contribution in [0.5, 0.6) is 5.75 Å². The molecule has 0 bridgehead atoms. The zero-order valence-electron chi connectivity index (χ0n) is 9.75. The number of carbonyl (C=O) groups is 1. The number of likely N-dealkylation sites (N-methyl/N-ethyl adjacent to an activating group) is 1. The summed E-state index contributed by atoms with van der Waals surface area (Å²) in [6.07, 6.45) is 0. The van der Waals surface area contributed by atoms with Gasteiger partial charge in [0.2, 0.25) is 0 Å². The Hall–Kier alpha value is -2.24. The first-order chi connectivity index (χ1) is 8.08. The van der Waals surface area contributed by atoms with Crippen molar-refractivity contribution in [3.63, 3.8) is 0 Å². The third-order valence-corrected chi connectivity index (χ3v) is 2.19. The van der Waals surface area contributed by atoms with Gasteiger partial charge in [-0.2, -0.15) is 0 Å². The lowest BCUT2D eigenvalue weighted by atomic mass is 10.2. The monoisotopic (exact) mass is 237 g/mol. The molecule has 1 aromatic carbocycles. The minimum atomic E-state index is -0.226. The number of methoxy groups -OCH3 is 1. The van der Waals surface area contributed by atoms with E-state index in [-0.39, 0.29) is 18.3 Å². The minimum Gasteiger partial charge on any atom is -0.497 e. The van der Waals surface area contributed by atoms with E-state index >= 15 is 0 Å². The van der Waals surface area contributed by atoms with Crippen molar-refractivity contribution < 1.29 is 14.7 Å². The van der Waals surface area contributed by atoms with Crippen molar-refractivity contribution in [3.8, 4) is 5.75 Å². The van der Waals surface area contributed by atoms with Crippen LogP contribution in [-0.2, 0) is 0 Å². The minimum absolute atomic E-state index is 0.0243. The molecule has 0 aromatic heterocycles. The van der Waals surface area contributed by atoms with Crippen LogP contribution in [-0.4, -0.2) is 42.6 Å². The van der Waals surface area contributed by atoms with Crippen LogP contribution in [0.3, 0.4) is 0 Å². The summed E-state index contributed by atoms with van der Waals surface area (Å²) in [7, 11) is 3.10. The molecule has 0 radical (unpaired) electrons. The van der Waals surface area contributed by atoms with Gasteiger partial charge in [0.05, 0.1) is 13.7 Å². The Kier molecular flexibility index (Phi) is 4.33. The van der Waals surface area contributed by atoms with E-state index in [4.69, 9.17) is 15.7 Å². The van der Waals surface area contributed by atoms with Gasteiger partial charge >= 0.3 is 0 Å². The highest BCUT2D eigenvalue weighted by atomic mass is 16.5. The van der Waals surface area contributed by atoms with Crippen molar-refractivity contribution in [1.82, 2.24) is 4.90 Å². The smallest absolute Gasteiger partial charge is 0.254 e. The van der Waals surface area contributed by atoms with Crippen LogP contribution >= 0.6 is 0 Å². The molecule has 6 nitrogen and oxygen atoms in total. The summed E-state index contributed by atoms with van der Waals surface area (Å²) in [4.78, 5) is 13.3. The molecule has 0 atom stereocenters. The van der Waals surface area contributed by atoms with E-state index in [9.17, 15) is 4.79 Å². The molecule has 1 aromatic rings. The highest BCUT2D eigenvalue weighted by molar-refractivity contribution is 5.97. The molecule has 0 aliphatic rings. The number of nitrogens with zero attached hydrogens (tertiary/aromatic N) is 2. The van der Waals surface area contributed by atoms with Crippen LogP contribution in [0.4, 0.5) is 0 Å². The predicted molar refractivity (Wildman–Crippen MR) is 63.4 cm³/mol. The first-order valence-electron chi connectivity index (χ1n) is 4.94. The number of hydrogen-bond acceptors (Lipinski definition) is 4. The van der Waals surface area contributed by atoms with Crippen molar-refractivity contribution in [2.45, 2.75) is 0 Å². The lowest BCUT2D eigenvalue weighted by Gasteiger charge is -2.16. The van der Waals surface area contributed by atoms with Crippen LogP contribution in [0.2, 0.25) is 0 Å². The van der Waals surface area contributed by atoms with Crippen LogP contribution in [0, 0.1) is 0 Å². The van der Waals surface area contributed by atoms with E-state index in [1.54, 1.807) is 31.3 Å². The highest BCUT2D eigenvalue weighted by Crippen LogP contribution is 2.13.